The summed E-state index contributed by atoms with van der Waals surface area (Å²) in [5, 5.41) is 0. The minimum atomic E-state index is -0.885. The van der Waals surface area contributed by atoms with Gasteiger partial charge in [0.2, 0.25) is 0 Å². The zero-order valence-electron chi connectivity index (χ0n) is 12.2. The van der Waals surface area contributed by atoms with Crippen molar-refractivity contribution in [3.8, 4) is 22.6 Å². The van der Waals surface area contributed by atoms with E-state index in [2.05, 4.69) is 0 Å². The molecule has 5 heteroatoms. The maximum atomic E-state index is 14.1. The van der Waals surface area contributed by atoms with Gasteiger partial charge in [0, 0.05) is 23.1 Å². The van der Waals surface area contributed by atoms with E-state index in [0.717, 1.165) is 11.6 Å². The predicted octanol–water partition coefficient (Wildman–Crippen LogP) is 3.29. The summed E-state index contributed by atoms with van der Waals surface area (Å²) in [7, 11) is 1.54. The predicted molar refractivity (Wildman–Crippen MR) is 80.1 cm³/mol. The Morgan fingerprint density at radius 3 is 2.82 bits per heavy atom. The van der Waals surface area contributed by atoms with Gasteiger partial charge in [0.15, 0.2) is 11.6 Å². The monoisotopic (exact) mass is 305 g/mol. The molecule has 3 nitrogen and oxygen atoms in total. The van der Waals surface area contributed by atoms with Crippen LogP contribution in [0.5, 0.6) is 11.5 Å². The normalized spacial score (nSPS) is 16.3. The first-order valence-electron chi connectivity index (χ1n) is 7.16. The van der Waals surface area contributed by atoms with Gasteiger partial charge in [0.25, 0.3) is 0 Å². The lowest BCUT2D eigenvalue weighted by molar-refractivity contribution is 0.225. The minimum absolute atomic E-state index is 0.0394. The molecule has 0 fully saturated rings. The molecule has 1 atom stereocenters. The Kier molecular flexibility index (Phi) is 3.98. The lowest BCUT2D eigenvalue weighted by Gasteiger charge is -2.13. The third-order valence-electron chi connectivity index (χ3n) is 3.84. The van der Waals surface area contributed by atoms with E-state index >= 15 is 0 Å². The van der Waals surface area contributed by atoms with Crippen LogP contribution in [0.15, 0.2) is 30.3 Å². The van der Waals surface area contributed by atoms with Crippen molar-refractivity contribution >= 4 is 0 Å². The third-order valence-corrected chi connectivity index (χ3v) is 3.84. The van der Waals surface area contributed by atoms with Crippen molar-refractivity contribution in [3.63, 3.8) is 0 Å². The highest BCUT2D eigenvalue weighted by Crippen LogP contribution is 2.43. The van der Waals surface area contributed by atoms with Gasteiger partial charge in [-0.1, -0.05) is 12.1 Å². The number of nitrogens with two attached hydrogens (primary N) is 1. The van der Waals surface area contributed by atoms with Crippen LogP contribution in [-0.2, 0) is 6.42 Å². The van der Waals surface area contributed by atoms with Gasteiger partial charge in [-0.05, 0) is 31.2 Å². The summed E-state index contributed by atoms with van der Waals surface area (Å²) in [4.78, 5) is 0. The number of benzene rings is 2. The molecule has 2 N–H and O–H groups in total. The Bertz CT molecular complexity index is 703. The Morgan fingerprint density at radius 2 is 2.09 bits per heavy atom. The average molecular weight is 305 g/mol. The molecule has 1 aliphatic heterocycles. The van der Waals surface area contributed by atoms with E-state index in [-0.39, 0.29) is 11.7 Å². The van der Waals surface area contributed by atoms with Gasteiger partial charge < -0.3 is 15.2 Å². The number of hydrogen-bond donors (Lipinski definition) is 1. The summed E-state index contributed by atoms with van der Waals surface area (Å²) >= 11 is 0. The van der Waals surface area contributed by atoms with E-state index in [1.807, 2.05) is 6.07 Å². The second kappa shape index (κ2) is 5.93. The minimum Gasteiger partial charge on any atom is -0.497 e. The summed E-state index contributed by atoms with van der Waals surface area (Å²) in [6.07, 6.45) is 1.36. The second-order valence-corrected chi connectivity index (χ2v) is 5.29. The Balaban J connectivity index is 2.12. The summed E-state index contributed by atoms with van der Waals surface area (Å²) < 4.78 is 38.9. The van der Waals surface area contributed by atoms with Crippen LogP contribution in [0.3, 0.4) is 0 Å². The van der Waals surface area contributed by atoms with Crippen LogP contribution in [0.2, 0.25) is 0 Å². The fourth-order valence-electron chi connectivity index (χ4n) is 2.78. The van der Waals surface area contributed by atoms with Gasteiger partial charge in [-0.25, -0.2) is 8.78 Å². The molecule has 2 aromatic rings. The second-order valence-electron chi connectivity index (χ2n) is 5.29. The molecule has 116 valence electrons. The lowest BCUT2D eigenvalue weighted by atomic mass is 9.99. The van der Waals surface area contributed by atoms with Crippen LogP contribution in [0.1, 0.15) is 12.0 Å². The Hall–Kier alpha value is -2.14. The summed E-state index contributed by atoms with van der Waals surface area (Å²) in [5.41, 5.74) is 7.18. The molecule has 0 aliphatic carbocycles. The first kappa shape index (κ1) is 14.8. The molecule has 1 heterocycles. The lowest BCUT2D eigenvalue weighted by Crippen LogP contribution is -2.17. The van der Waals surface area contributed by atoms with Crippen molar-refractivity contribution in [2.75, 3.05) is 13.7 Å². The first-order chi connectivity index (χ1) is 10.6. The summed E-state index contributed by atoms with van der Waals surface area (Å²) in [6.45, 7) is 0.513. The third kappa shape index (κ3) is 2.52. The molecular weight excluding hydrogens is 288 g/mol. The van der Waals surface area contributed by atoms with Crippen molar-refractivity contribution in [3.05, 3.63) is 47.5 Å². The molecule has 0 amide bonds. The van der Waals surface area contributed by atoms with Crippen LogP contribution >= 0.6 is 0 Å². The maximum Gasteiger partial charge on any atom is 0.166 e. The molecule has 0 aromatic heterocycles. The molecule has 0 saturated heterocycles. The molecule has 22 heavy (non-hydrogen) atoms. The molecule has 1 unspecified atom stereocenters. The van der Waals surface area contributed by atoms with Crippen LogP contribution in [0.4, 0.5) is 8.78 Å². The molecule has 1 aliphatic rings. The van der Waals surface area contributed by atoms with Crippen LogP contribution in [-0.4, -0.2) is 19.8 Å². The largest absolute Gasteiger partial charge is 0.497 e. The zero-order chi connectivity index (χ0) is 15.7. The number of ether oxygens (including phenoxy) is 2. The molecule has 0 bridgehead atoms. The molecule has 2 aromatic carbocycles. The van der Waals surface area contributed by atoms with E-state index in [9.17, 15) is 8.78 Å². The van der Waals surface area contributed by atoms with Gasteiger partial charge in [-0.15, -0.1) is 0 Å². The Labute approximate surface area is 127 Å². The SMILES string of the molecule is COc1cc2c(c(-c3cccc(F)c3F)c1)OC(CCN)C2. The molecule has 3 rings (SSSR count). The standard InChI is InChI=1S/C17H17F2NO2/c1-21-12-8-10-7-11(5-6-20)22-17(10)14(9-12)13-3-2-4-15(18)16(13)19/h2-4,8-9,11H,5-7,20H2,1H3. The molecule has 0 saturated carbocycles. The number of methoxy groups -OCH3 is 1. The van der Waals surface area contributed by atoms with E-state index < -0.39 is 11.6 Å². The highest BCUT2D eigenvalue weighted by atomic mass is 19.2. The highest BCUT2D eigenvalue weighted by molar-refractivity contribution is 5.75. The fourth-order valence-corrected chi connectivity index (χ4v) is 2.78. The van der Waals surface area contributed by atoms with Gasteiger partial charge in [0.05, 0.1) is 7.11 Å². The number of rotatable bonds is 4. The smallest absolute Gasteiger partial charge is 0.166 e. The first-order valence-corrected chi connectivity index (χ1v) is 7.16. The van der Waals surface area contributed by atoms with Crippen molar-refractivity contribution in [2.45, 2.75) is 18.9 Å². The van der Waals surface area contributed by atoms with Crippen molar-refractivity contribution in [1.82, 2.24) is 0 Å². The highest BCUT2D eigenvalue weighted by Gasteiger charge is 2.27. The fraction of sp³-hybridized carbons (Fsp3) is 0.294. The van der Waals surface area contributed by atoms with E-state index in [0.29, 0.717) is 36.4 Å². The summed E-state index contributed by atoms with van der Waals surface area (Å²) in [5.74, 6) is -0.590. The number of fused-ring (bicyclic) bond motifs is 1. The van der Waals surface area contributed by atoms with E-state index in [1.165, 1.54) is 12.1 Å². The van der Waals surface area contributed by atoms with E-state index in [1.54, 1.807) is 13.2 Å². The zero-order valence-corrected chi connectivity index (χ0v) is 12.2. The van der Waals surface area contributed by atoms with Gasteiger partial charge in [-0.3, -0.25) is 0 Å². The van der Waals surface area contributed by atoms with Crippen molar-refractivity contribution in [2.24, 2.45) is 5.73 Å². The molecule has 0 radical (unpaired) electrons. The van der Waals surface area contributed by atoms with Gasteiger partial charge >= 0.3 is 0 Å². The van der Waals surface area contributed by atoms with Gasteiger partial charge in [-0.2, -0.15) is 0 Å². The summed E-state index contributed by atoms with van der Waals surface area (Å²) in [6, 6.07) is 7.64. The Morgan fingerprint density at radius 1 is 1.27 bits per heavy atom. The van der Waals surface area contributed by atoms with Gasteiger partial charge in [0.1, 0.15) is 17.6 Å². The average Bonchev–Trinajstić information content (AvgIpc) is 2.92. The van der Waals surface area contributed by atoms with Crippen molar-refractivity contribution < 1.29 is 18.3 Å². The topological polar surface area (TPSA) is 44.5 Å². The molecular formula is C17H17F2NO2. The van der Waals surface area contributed by atoms with E-state index in [4.69, 9.17) is 15.2 Å². The number of halogens is 2. The van der Waals surface area contributed by atoms with Crippen molar-refractivity contribution in [1.29, 1.82) is 0 Å². The van der Waals surface area contributed by atoms with Crippen LogP contribution in [0.25, 0.3) is 11.1 Å². The molecule has 0 spiro atoms. The van der Waals surface area contributed by atoms with Crippen LogP contribution in [0, 0.1) is 11.6 Å². The number of hydrogen-bond acceptors (Lipinski definition) is 3. The quantitative estimate of drug-likeness (QED) is 0.942. The maximum absolute atomic E-state index is 14.1. The van der Waals surface area contributed by atoms with Crippen LogP contribution < -0.4 is 15.2 Å².